The van der Waals surface area contributed by atoms with Crippen LogP contribution in [0.4, 0.5) is 0 Å². The number of para-hydroxylation sites is 2. The molecule has 1 aliphatic carbocycles. The molecule has 12 aromatic rings. The minimum Gasteiger partial charge on any atom is -0.309 e. The van der Waals surface area contributed by atoms with Gasteiger partial charge in [0, 0.05) is 32.6 Å². The van der Waals surface area contributed by atoms with Gasteiger partial charge in [-0.2, -0.15) is 0 Å². The lowest BCUT2D eigenvalue weighted by Gasteiger charge is -2.34. The van der Waals surface area contributed by atoms with Gasteiger partial charge in [0.2, 0.25) is 0 Å². The lowest BCUT2D eigenvalue weighted by atomic mass is 9.67. The Bertz CT molecular complexity index is 3640. The largest absolute Gasteiger partial charge is 0.309 e. The summed E-state index contributed by atoms with van der Waals surface area (Å²) in [5.74, 6) is 0. The molecule has 10 aromatic carbocycles. The van der Waals surface area contributed by atoms with Crippen LogP contribution in [0.2, 0.25) is 0 Å². The summed E-state index contributed by atoms with van der Waals surface area (Å²) in [6.07, 6.45) is 0. The molecule has 61 heavy (non-hydrogen) atoms. The van der Waals surface area contributed by atoms with E-state index in [-0.39, 0.29) is 0 Å². The molecule has 0 unspecified atom stereocenters. The quantitative estimate of drug-likeness (QED) is 0.165. The normalized spacial score (nSPS) is 13.0. The SMILES string of the molecule is c1ccc(-n2c3ccc(-c4ccc5c(c4)c4ccccc4n5-c4cccc5ccccc45)cc3c3c4c(ccc32)-c2ccccc2C4(c2ccccc2)c2ccccc2)cc1. The van der Waals surface area contributed by atoms with Gasteiger partial charge in [-0.15, -0.1) is 0 Å². The molecule has 2 heteroatoms. The van der Waals surface area contributed by atoms with Gasteiger partial charge in [0.1, 0.15) is 0 Å². The van der Waals surface area contributed by atoms with Crippen LogP contribution in [-0.4, -0.2) is 9.13 Å². The number of benzene rings is 10. The highest BCUT2D eigenvalue weighted by Crippen LogP contribution is 2.59. The number of hydrogen-bond acceptors (Lipinski definition) is 0. The fourth-order valence-electron chi connectivity index (χ4n) is 10.9. The molecule has 0 amide bonds. The summed E-state index contributed by atoms with van der Waals surface area (Å²) in [4.78, 5) is 0. The van der Waals surface area contributed by atoms with Crippen molar-refractivity contribution in [2.75, 3.05) is 0 Å². The van der Waals surface area contributed by atoms with Crippen LogP contribution in [-0.2, 0) is 5.41 Å². The molecule has 1 aliphatic rings. The molecule has 0 fully saturated rings. The molecule has 0 radical (unpaired) electrons. The first-order valence-corrected chi connectivity index (χ1v) is 21.2. The number of aromatic nitrogens is 2. The zero-order valence-electron chi connectivity index (χ0n) is 33.3. The molecule has 0 aliphatic heterocycles. The van der Waals surface area contributed by atoms with E-state index in [1.165, 1.54) is 105 Å². The Morgan fingerprint density at radius 2 is 0.885 bits per heavy atom. The second kappa shape index (κ2) is 13.0. The minimum absolute atomic E-state index is 0.540. The van der Waals surface area contributed by atoms with Crippen molar-refractivity contribution in [2.45, 2.75) is 5.41 Å². The molecule has 0 saturated carbocycles. The molecule has 0 bridgehead atoms. The van der Waals surface area contributed by atoms with Crippen LogP contribution in [0.5, 0.6) is 0 Å². The van der Waals surface area contributed by atoms with Gasteiger partial charge in [0.05, 0.1) is 33.2 Å². The standard InChI is InChI=1S/C59H38N2/c1-4-19-42(20-5-1)59(43-21-6-2-7-22-43)51-28-14-12-26-46(51)48-33-36-56-57(58(48)59)50-38-41(32-35-55(50)60(56)44-23-8-3-9-24-44)40-31-34-54-49(37-40)47-27-13-15-29-53(47)61(54)52-30-16-18-39-17-10-11-25-45(39)52/h1-38H. The van der Waals surface area contributed by atoms with E-state index in [2.05, 4.69) is 240 Å². The van der Waals surface area contributed by atoms with Crippen molar-refractivity contribution in [1.82, 2.24) is 9.13 Å². The van der Waals surface area contributed by atoms with Gasteiger partial charge < -0.3 is 9.13 Å². The van der Waals surface area contributed by atoms with Crippen LogP contribution in [0.25, 0.3) is 88.0 Å². The van der Waals surface area contributed by atoms with E-state index >= 15 is 0 Å². The Morgan fingerprint density at radius 1 is 0.328 bits per heavy atom. The van der Waals surface area contributed by atoms with Gasteiger partial charge in [-0.1, -0.05) is 176 Å². The zero-order chi connectivity index (χ0) is 40.1. The summed E-state index contributed by atoms with van der Waals surface area (Å²) in [6, 6.07) is 85.4. The average Bonchev–Trinajstić information content (AvgIpc) is 3.96. The Hall–Kier alpha value is -7.94. The first-order chi connectivity index (χ1) is 30.3. The number of hydrogen-bond donors (Lipinski definition) is 0. The molecule has 2 aromatic heterocycles. The van der Waals surface area contributed by atoms with Crippen molar-refractivity contribution >= 4 is 54.4 Å². The van der Waals surface area contributed by atoms with Crippen molar-refractivity contribution < 1.29 is 0 Å². The maximum Gasteiger partial charge on any atom is 0.0720 e. The first kappa shape index (κ1) is 34.0. The maximum atomic E-state index is 2.47. The van der Waals surface area contributed by atoms with E-state index in [1.54, 1.807) is 0 Å². The number of nitrogens with zero attached hydrogens (tertiary/aromatic N) is 2. The third-order valence-electron chi connectivity index (χ3n) is 13.4. The van der Waals surface area contributed by atoms with E-state index in [9.17, 15) is 0 Å². The van der Waals surface area contributed by atoms with Crippen LogP contribution in [0.15, 0.2) is 231 Å². The maximum absolute atomic E-state index is 2.47. The second-order valence-electron chi connectivity index (χ2n) is 16.4. The van der Waals surface area contributed by atoms with E-state index in [4.69, 9.17) is 0 Å². The summed E-state index contributed by atoms with van der Waals surface area (Å²) < 4.78 is 4.92. The van der Waals surface area contributed by atoms with E-state index in [0.29, 0.717) is 0 Å². The van der Waals surface area contributed by atoms with Crippen molar-refractivity contribution in [3.63, 3.8) is 0 Å². The van der Waals surface area contributed by atoms with Crippen LogP contribution in [0.3, 0.4) is 0 Å². The summed E-state index contributed by atoms with van der Waals surface area (Å²) in [6.45, 7) is 0. The number of fused-ring (bicyclic) bond motifs is 11. The van der Waals surface area contributed by atoms with E-state index < -0.39 is 5.41 Å². The Morgan fingerprint density at radius 3 is 1.64 bits per heavy atom. The fraction of sp³-hybridized carbons (Fsp3) is 0.0169. The fourth-order valence-corrected chi connectivity index (χ4v) is 10.9. The Kier molecular flexibility index (Phi) is 7.26. The molecule has 284 valence electrons. The van der Waals surface area contributed by atoms with Crippen molar-refractivity contribution in [3.8, 4) is 33.6 Å². The highest BCUT2D eigenvalue weighted by atomic mass is 15.0. The molecule has 13 rings (SSSR count). The molecule has 2 heterocycles. The molecule has 0 spiro atoms. The third-order valence-corrected chi connectivity index (χ3v) is 13.4. The van der Waals surface area contributed by atoms with Gasteiger partial charge >= 0.3 is 0 Å². The number of rotatable bonds is 5. The van der Waals surface area contributed by atoms with Gasteiger partial charge in [0.15, 0.2) is 0 Å². The minimum atomic E-state index is -0.540. The van der Waals surface area contributed by atoms with Crippen molar-refractivity contribution in [2.24, 2.45) is 0 Å². The monoisotopic (exact) mass is 774 g/mol. The van der Waals surface area contributed by atoms with Gasteiger partial charge in [-0.25, -0.2) is 0 Å². The highest BCUT2D eigenvalue weighted by molar-refractivity contribution is 6.17. The molecular formula is C59H38N2. The predicted molar refractivity (Wildman–Crippen MR) is 255 cm³/mol. The summed E-state index contributed by atoms with van der Waals surface area (Å²) in [7, 11) is 0. The smallest absolute Gasteiger partial charge is 0.0720 e. The van der Waals surface area contributed by atoms with E-state index in [0.717, 1.165) is 5.69 Å². The molecule has 0 saturated heterocycles. The Labute approximate surface area is 353 Å². The van der Waals surface area contributed by atoms with Crippen molar-refractivity contribution in [1.29, 1.82) is 0 Å². The summed E-state index contributed by atoms with van der Waals surface area (Å²) in [5, 5.41) is 7.51. The summed E-state index contributed by atoms with van der Waals surface area (Å²) in [5.41, 5.74) is 16.8. The topological polar surface area (TPSA) is 9.86 Å². The van der Waals surface area contributed by atoms with Gasteiger partial charge in [-0.05, 0) is 104 Å². The van der Waals surface area contributed by atoms with Crippen LogP contribution in [0.1, 0.15) is 22.3 Å². The van der Waals surface area contributed by atoms with Crippen LogP contribution >= 0.6 is 0 Å². The average molecular weight is 775 g/mol. The lowest BCUT2D eigenvalue weighted by Crippen LogP contribution is -2.28. The predicted octanol–water partition coefficient (Wildman–Crippen LogP) is 15.1. The first-order valence-electron chi connectivity index (χ1n) is 21.2. The third kappa shape index (κ3) is 4.73. The Balaban J connectivity index is 1.12. The second-order valence-corrected chi connectivity index (χ2v) is 16.4. The van der Waals surface area contributed by atoms with E-state index in [1.807, 2.05) is 0 Å². The lowest BCUT2D eigenvalue weighted by molar-refractivity contribution is 0.776. The van der Waals surface area contributed by atoms with Gasteiger partial charge in [-0.3, -0.25) is 0 Å². The molecular weight excluding hydrogens is 737 g/mol. The molecule has 0 N–H and O–H groups in total. The molecule has 0 atom stereocenters. The van der Waals surface area contributed by atoms with Crippen LogP contribution < -0.4 is 0 Å². The van der Waals surface area contributed by atoms with Crippen molar-refractivity contribution in [3.05, 3.63) is 253 Å². The van der Waals surface area contributed by atoms with Crippen LogP contribution in [0, 0.1) is 0 Å². The van der Waals surface area contributed by atoms with Gasteiger partial charge in [0.25, 0.3) is 0 Å². The molecule has 2 nitrogen and oxygen atoms in total. The summed E-state index contributed by atoms with van der Waals surface area (Å²) >= 11 is 0. The highest BCUT2D eigenvalue weighted by Gasteiger charge is 2.47. The zero-order valence-corrected chi connectivity index (χ0v) is 33.3.